The van der Waals surface area contributed by atoms with E-state index in [9.17, 15) is 26.4 Å². The molecule has 164 valence electrons. The number of ether oxygens (including phenoxy) is 1. The van der Waals surface area contributed by atoms with Gasteiger partial charge in [0.2, 0.25) is 15.9 Å². The predicted molar refractivity (Wildman–Crippen MR) is 105 cm³/mol. The minimum atomic E-state index is -4.14. The molecule has 0 aromatic heterocycles. The van der Waals surface area contributed by atoms with Gasteiger partial charge >= 0.3 is 5.97 Å². The van der Waals surface area contributed by atoms with Gasteiger partial charge in [-0.3, -0.25) is 13.8 Å². The minimum absolute atomic E-state index is 0.147. The van der Waals surface area contributed by atoms with E-state index in [0.717, 1.165) is 6.26 Å². The van der Waals surface area contributed by atoms with Crippen molar-refractivity contribution in [2.45, 2.75) is 30.2 Å². The fourth-order valence-electron chi connectivity index (χ4n) is 2.06. The number of methoxy groups -OCH3 is 1. The second-order valence-corrected chi connectivity index (χ2v) is 9.74. The van der Waals surface area contributed by atoms with Gasteiger partial charge in [0, 0.05) is 18.0 Å². The zero-order valence-electron chi connectivity index (χ0n) is 15.9. The first-order valence-electron chi connectivity index (χ1n) is 8.41. The number of halogens is 1. The average molecular weight is 471 g/mol. The average Bonchev–Trinajstić information content (AvgIpc) is 2.64. The van der Waals surface area contributed by atoms with Crippen molar-refractivity contribution in [3.8, 4) is 0 Å². The van der Waals surface area contributed by atoms with Crippen LogP contribution in [0.1, 0.15) is 19.3 Å². The number of carbonyl (C=O) groups excluding carboxylic acids is 2. The summed E-state index contributed by atoms with van der Waals surface area (Å²) in [5.74, 6) is -1.16. The van der Waals surface area contributed by atoms with Crippen LogP contribution in [0.5, 0.6) is 0 Å². The molecular formula is C16H23ClN2O8S2. The van der Waals surface area contributed by atoms with Gasteiger partial charge < -0.3 is 10.1 Å². The minimum Gasteiger partial charge on any atom is -0.469 e. The van der Waals surface area contributed by atoms with Gasteiger partial charge in [-0.25, -0.2) is 8.42 Å². The molecule has 0 heterocycles. The Morgan fingerprint density at radius 3 is 2.28 bits per heavy atom. The van der Waals surface area contributed by atoms with Crippen LogP contribution in [0.15, 0.2) is 29.2 Å². The summed E-state index contributed by atoms with van der Waals surface area (Å²) < 4.78 is 58.6. The fraction of sp³-hybridized carbons (Fsp3) is 0.500. The quantitative estimate of drug-likeness (QED) is 0.254. The Morgan fingerprint density at radius 2 is 1.72 bits per heavy atom. The van der Waals surface area contributed by atoms with Crippen LogP contribution in [-0.4, -0.2) is 61.3 Å². The monoisotopic (exact) mass is 470 g/mol. The molecule has 0 saturated carbocycles. The van der Waals surface area contributed by atoms with Crippen LogP contribution in [0.2, 0.25) is 5.02 Å². The molecule has 0 fully saturated rings. The second-order valence-electron chi connectivity index (χ2n) is 5.94. The van der Waals surface area contributed by atoms with Crippen LogP contribution in [0, 0.1) is 0 Å². The summed E-state index contributed by atoms with van der Waals surface area (Å²) in [6.07, 6.45) is 1.84. The number of hydrogen-bond donors (Lipinski definition) is 2. The van der Waals surface area contributed by atoms with Gasteiger partial charge in [0.25, 0.3) is 10.1 Å². The van der Waals surface area contributed by atoms with Gasteiger partial charge in [-0.15, -0.1) is 0 Å². The molecule has 10 nitrogen and oxygen atoms in total. The largest absolute Gasteiger partial charge is 0.469 e. The first kappa shape index (κ1) is 25.3. The van der Waals surface area contributed by atoms with Crippen LogP contribution < -0.4 is 10.0 Å². The van der Waals surface area contributed by atoms with Crippen LogP contribution in [0.25, 0.3) is 0 Å². The first-order valence-corrected chi connectivity index (χ1v) is 12.1. The van der Waals surface area contributed by atoms with E-state index in [1.165, 1.54) is 31.4 Å². The van der Waals surface area contributed by atoms with E-state index in [0.29, 0.717) is 17.9 Å². The fourth-order valence-corrected chi connectivity index (χ4v) is 3.74. The molecule has 13 heteroatoms. The van der Waals surface area contributed by atoms with Crippen molar-refractivity contribution in [3.63, 3.8) is 0 Å². The summed E-state index contributed by atoms with van der Waals surface area (Å²) in [5.41, 5.74) is 0. The predicted octanol–water partition coefficient (Wildman–Crippen LogP) is 0.423. The van der Waals surface area contributed by atoms with Crippen molar-refractivity contribution in [1.82, 2.24) is 10.0 Å². The smallest absolute Gasteiger partial charge is 0.305 e. The van der Waals surface area contributed by atoms with Crippen molar-refractivity contribution in [2.75, 3.05) is 26.5 Å². The second kappa shape index (κ2) is 11.5. The van der Waals surface area contributed by atoms with E-state index in [2.05, 4.69) is 19.0 Å². The number of rotatable bonds is 12. The zero-order chi connectivity index (χ0) is 22.1. The Hall–Kier alpha value is -1.73. The highest BCUT2D eigenvalue weighted by molar-refractivity contribution is 7.89. The third kappa shape index (κ3) is 10.0. The van der Waals surface area contributed by atoms with Gasteiger partial charge in [-0.1, -0.05) is 11.6 Å². The number of carbonyl (C=O) groups is 2. The Kier molecular flexibility index (Phi) is 10.00. The molecule has 0 aliphatic heterocycles. The topological polar surface area (TPSA) is 145 Å². The van der Waals surface area contributed by atoms with E-state index in [1.807, 2.05) is 0 Å². The van der Waals surface area contributed by atoms with Crippen molar-refractivity contribution >= 4 is 43.6 Å². The van der Waals surface area contributed by atoms with E-state index in [-0.39, 0.29) is 23.8 Å². The Balaban J connectivity index is 2.77. The lowest BCUT2D eigenvalue weighted by molar-refractivity contribution is -0.140. The SMILES string of the molecule is COC(=O)CCCCNC(=O)C(COS(C)(=O)=O)NS(=O)(=O)c1ccc(Cl)cc1. The van der Waals surface area contributed by atoms with Crippen molar-refractivity contribution in [3.05, 3.63) is 29.3 Å². The number of amides is 1. The first-order chi connectivity index (χ1) is 13.4. The molecule has 1 aromatic carbocycles. The lowest BCUT2D eigenvalue weighted by Crippen LogP contribution is -2.49. The molecule has 0 aliphatic carbocycles. The van der Waals surface area contributed by atoms with Gasteiger partial charge in [0.05, 0.1) is 24.9 Å². The number of unbranched alkanes of at least 4 members (excludes halogenated alkanes) is 1. The summed E-state index contributed by atoms with van der Waals surface area (Å²) in [6, 6.07) is 3.71. The van der Waals surface area contributed by atoms with E-state index in [1.54, 1.807) is 0 Å². The summed E-state index contributed by atoms with van der Waals surface area (Å²) >= 11 is 5.73. The molecule has 1 unspecified atom stereocenters. The van der Waals surface area contributed by atoms with Crippen LogP contribution in [0.4, 0.5) is 0 Å². The number of hydrogen-bond acceptors (Lipinski definition) is 8. The van der Waals surface area contributed by atoms with Crippen molar-refractivity contribution < 1.29 is 35.3 Å². The van der Waals surface area contributed by atoms with Gasteiger partial charge in [0.1, 0.15) is 6.04 Å². The maximum atomic E-state index is 12.5. The van der Waals surface area contributed by atoms with Crippen LogP contribution >= 0.6 is 11.6 Å². The maximum absolute atomic E-state index is 12.5. The molecule has 29 heavy (non-hydrogen) atoms. The Labute approximate surface area is 175 Å². The normalized spacial score (nSPS) is 12.9. The highest BCUT2D eigenvalue weighted by Gasteiger charge is 2.27. The lowest BCUT2D eigenvalue weighted by Gasteiger charge is -2.18. The third-order valence-electron chi connectivity index (χ3n) is 3.52. The van der Waals surface area contributed by atoms with Gasteiger partial charge in [-0.05, 0) is 37.1 Å². The molecule has 0 saturated heterocycles. The number of sulfonamides is 1. The molecule has 1 amide bonds. The van der Waals surface area contributed by atoms with Crippen molar-refractivity contribution in [2.24, 2.45) is 0 Å². The molecule has 0 radical (unpaired) electrons. The molecule has 0 aliphatic rings. The molecule has 0 bridgehead atoms. The summed E-state index contributed by atoms with van der Waals surface area (Å²) in [5, 5.41) is 2.80. The third-order valence-corrected chi connectivity index (χ3v) is 5.83. The van der Waals surface area contributed by atoms with Crippen LogP contribution in [0.3, 0.4) is 0 Å². The summed E-state index contributed by atoms with van der Waals surface area (Å²) in [4.78, 5) is 23.2. The van der Waals surface area contributed by atoms with Gasteiger partial charge in [0.15, 0.2) is 0 Å². The maximum Gasteiger partial charge on any atom is 0.305 e. The Bertz CT molecular complexity index is 901. The molecule has 1 rings (SSSR count). The Morgan fingerprint density at radius 1 is 1.10 bits per heavy atom. The van der Waals surface area contributed by atoms with E-state index >= 15 is 0 Å². The standard InChI is InChI=1S/C16H23ClN2O8S2/c1-26-15(20)5-3-4-10-18-16(21)14(11-27-28(2,22)23)19-29(24,25)13-8-6-12(17)7-9-13/h6-9,14,19H,3-5,10-11H2,1-2H3,(H,18,21). The number of nitrogens with one attached hydrogen (secondary N) is 2. The lowest BCUT2D eigenvalue weighted by atomic mass is 10.2. The van der Waals surface area contributed by atoms with Gasteiger partial charge in [-0.2, -0.15) is 13.1 Å². The molecule has 1 atom stereocenters. The molecule has 1 aromatic rings. The van der Waals surface area contributed by atoms with Crippen LogP contribution in [-0.2, 0) is 38.7 Å². The number of benzene rings is 1. The molecule has 0 spiro atoms. The number of esters is 1. The summed E-state index contributed by atoms with van der Waals surface area (Å²) in [7, 11) is -6.78. The zero-order valence-corrected chi connectivity index (χ0v) is 18.3. The summed E-state index contributed by atoms with van der Waals surface area (Å²) in [6.45, 7) is -0.576. The molecule has 2 N–H and O–H groups in total. The molecular weight excluding hydrogens is 448 g/mol. The highest BCUT2D eigenvalue weighted by atomic mass is 35.5. The highest BCUT2D eigenvalue weighted by Crippen LogP contribution is 2.14. The van der Waals surface area contributed by atoms with E-state index < -0.39 is 38.7 Å². The van der Waals surface area contributed by atoms with E-state index in [4.69, 9.17) is 11.6 Å². The van der Waals surface area contributed by atoms with Crippen molar-refractivity contribution in [1.29, 1.82) is 0 Å².